The van der Waals surface area contributed by atoms with Gasteiger partial charge in [0, 0.05) is 24.5 Å². The van der Waals surface area contributed by atoms with Crippen molar-refractivity contribution in [2.75, 3.05) is 18.4 Å². The van der Waals surface area contributed by atoms with Crippen LogP contribution in [-0.4, -0.2) is 29.0 Å². The summed E-state index contributed by atoms with van der Waals surface area (Å²) < 4.78 is 0. The number of anilines is 1. The second kappa shape index (κ2) is 8.92. The molecule has 150 valence electrons. The normalized spacial score (nSPS) is 14.6. The van der Waals surface area contributed by atoms with E-state index in [4.69, 9.17) is 0 Å². The summed E-state index contributed by atoms with van der Waals surface area (Å²) in [5, 5.41) is 6.65. The number of aromatic amines is 1. The molecule has 0 bridgehead atoms. The lowest BCUT2D eigenvalue weighted by Crippen LogP contribution is -2.31. The van der Waals surface area contributed by atoms with Crippen LogP contribution >= 0.6 is 0 Å². The summed E-state index contributed by atoms with van der Waals surface area (Å²) in [4.78, 5) is 29.2. The number of H-pyrrole nitrogens is 1. The minimum Gasteiger partial charge on any atom is -0.334 e. The Bertz CT molecular complexity index is 1050. The molecule has 3 aromatic rings. The molecule has 0 unspecified atom stereocenters. The summed E-state index contributed by atoms with van der Waals surface area (Å²) in [5.74, 6) is 0. The first-order valence-electron chi connectivity index (χ1n) is 10.1. The minimum atomic E-state index is -0.267. The van der Waals surface area contributed by atoms with E-state index in [0.29, 0.717) is 17.7 Å². The third-order valence-corrected chi connectivity index (χ3v) is 5.41. The lowest BCUT2D eigenvalue weighted by atomic mass is 10.0. The van der Waals surface area contributed by atoms with Crippen molar-refractivity contribution in [1.29, 1.82) is 0 Å². The van der Waals surface area contributed by atoms with Crippen molar-refractivity contribution in [2.24, 2.45) is 0 Å². The van der Waals surface area contributed by atoms with Crippen LogP contribution in [0.4, 0.5) is 10.5 Å². The maximum Gasteiger partial charge on any atom is 0.319 e. The summed E-state index contributed by atoms with van der Waals surface area (Å²) in [7, 11) is 0. The quantitative estimate of drug-likeness (QED) is 0.620. The summed E-state index contributed by atoms with van der Waals surface area (Å²) >= 11 is 0. The van der Waals surface area contributed by atoms with Crippen molar-refractivity contribution < 1.29 is 4.79 Å². The zero-order chi connectivity index (χ0) is 20.1. The number of likely N-dealkylation sites (tertiary alicyclic amines) is 1. The van der Waals surface area contributed by atoms with Gasteiger partial charge in [0.25, 0.3) is 0 Å². The molecule has 2 heterocycles. The largest absolute Gasteiger partial charge is 0.334 e. The Labute approximate surface area is 169 Å². The number of nitrogens with one attached hydrogen (secondary N) is 3. The maximum absolute atomic E-state index is 12.5. The number of urea groups is 1. The number of aromatic nitrogens is 1. The molecule has 6 heteroatoms. The number of carbonyl (C=O) groups excluding carboxylic acids is 1. The monoisotopic (exact) mass is 390 g/mol. The molecular weight excluding hydrogens is 364 g/mol. The number of piperidine rings is 1. The topological polar surface area (TPSA) is 77.2 Å². The highest BCUT2D eigenvalue weighted by molar-refractivity contribution is 6.00. The van der Waals surface area contributed by atoms with Crippen LogP contribution in [-0.2, 0) is 13.1 Å². The van der Waals surface area contributed by atoms with Crippen LogP contribution in [0.5, 0.6) is 0 Å². The number of nitrogens with zero attached hydrogens (tertiary/aromatic N) is 1. The molecule has 0 aliphatic carbocycles. The molecule has 1 aliphatic rings. The van der Waals surface area contributed by atoms with Crippen LogP contribution in [0, 0.1) is 0 Å². The fourth-order valence-electron chi connectivity index (χ4n) is 3.88. The molecule has 0 saturated carbocycles. The van der Waals surface area contributed by atoms with Gasteiger partial charge in [-0.05, 0) is 55.3 Å². The number of amides is 2. The van der Waals surface area contributed by atoms with Gasteiger partial charge in [-0.1, -0.05) is 36.8 Å². The van der Waals surface area contributed by atoms with E-state index in [9.17, 15) is 9.59 Å². The summed E-state index contributed by atoms with van der Waals surface area (Å²) in [5.41, 5.74) is 3.59. The van der Waals surface area contributed by atoms with Gasteiger partial charge in [-0.3, -0.25) is 9.69 Å². The zero-order valence-electron chi connectivity index (χ0n) is 16.4. The number of benzene rings is 2. The van der Waals surface area contributed by atoms with Crippen LogP contribution in [0.2, 0.25) is 0 Å². The molecular formula is C23H26N4O2. The van der Waals surface area contributed by atoms with Gasteiger partial charge in [-0.2, -0.15) is 0 Å². The number of carbonyl (C=O) groups is 1. The fraction of sp³-hybridized carbons (Fsp3) is 0.304. The van der Waals surface area contributed by atoms with Crippen molar-refractivity contribution in [3.8, 4) is 0 Å². The third kappa shape index (κ3) is 4.84. The molecule has 2 aromatic carbocycles. The predicted molar refractivity (Wildman–Crippen MR) is 116 cm³/mol. The van der Waals surface area contributed by atoms with Gasteiger partial charge in [0.2, 0.25) is 5.56 Å². The molecule has 1 fully saturated rings. The summed E-state index contributed by atoms with van der Waals surface area (Å²) in [6.45, 7) is 3.68. The molecule has 2 amide bonds. The number of rotatable bonds is 5. The van der Waals surface area contributed by atoms with Crippen molar-refractivity contribution in [3.63, 3.8) is 0 Å². The third-order valence-electron chi connectivity index (χ3n) is 5.41. The highest BCUT2D eigenvalue weighted by Crippen LogP contribution is 2.20. The van der Waals surface area contributed by atoms with Crippen LogP contribution < -0.4 is 16.2 Å². The highest BCUT2D eigenvalue weighted by atomic mass is 16.2. The van der Waals surface area contributed by atoms with Crippen LogP contribution in [0.1, 0.15) is 30.4 Å². The molecule has 4 rings (SSSR count). The van der Waals surface area contributed by atoms with E-state index >= 15 is 0 Å². The molecule has 3 N–H and O–H groups in total. The molecule has 29 heavy (non-hydrogen) atoms. The van der Waals surface area contributed by atoms with Gasteiger partial charge in [-0.25, -0.2) is 4.79 Å². The maximum atomic E-state index is 12.5. The van der Waals surface area contributed by atoms with E-state index in [2.05, 4.69) is 38.7 Å². The van der Waals surface area contributed by atoms with Gasteiger partial charge >= 0.3 is 6.03 Å². The Hall–Kier alpha value is -3.12. The summed E-state index contributed by atoms with van der Waals surface area (Å²) in [6, 6.07) is 16.6. The van der Waals surface area contributed by atoms with Crippen molar-refractivity contribution in [3.05, 3.63) is 76.1 Å². The van der Waals surface area contributed by atoms with Gasteiger partial charge in [0.1, 0.15) is 0 Å². The van der Waals surface area contributed by atoms with Crippen molar-refractivity contribution in [2.45, 2.75) is 32.4 Å². The van der Waals surface area contributed by atoms with Gasteiger partial charge in [0.05, 0.1) is 11.2 Å². The predicted octanol–water partition coefficient (Wildman–Crippen LogP) is 3.84. The Morgan fingerprint density at radius 2 is 1.72 bits per heavy atom. The standard InChI is InChI=1S/C23H26N4O2/c28-22-12-11-19-20(25-22)9-6-10-21(19)26-23(29)24-15-17-7-2-3-8-18(17)16-27-13-4-1-5-14-27/h2-3,6-12H,1,4-5,13-16H2,(H,25,28)(H2,24,26,29). The van der Waals surface area contributed by atoms with Crippen LogP contribution in [0.3, 0.4) is 0 Å². The minimum absolute atomic E-state index is 0.163. The SMILES string of the molecule is O=C(NCc1ccccc1CN1CCCCC1)Nc1cccc2[nH]c(=O)ccc12. The summed E-state index contributed by atoms with van der Waals surface area (Å²) in [6.07, 6.45) is 3.85. The Morgan fingerprint density at radius 3 is 2.55 bits per heavy atom. The van der Waals surface area contributed by atoms with E-state index in [1.165, 1.54) is 30.9 Å². The first-order valence-corrected chi connectivity index (χ1v) is 10.1. The smallest absolute Gasteiger partial charge is 0.319 e. The molecule has 1 aliphatic heterocycles. The van der Waals surface area contributed by atoms with Crippen LogP contribution in [0.15, 0.2) is 59.4 Å². The van der Waals surface area contributed by atoms with E-state index in [0.717, 1.165) is 30.6 Å². The second-order valence-electron chi connectivity index (χ2n) is 7.50. The highest BCUT2D eigenvalue weighted by Gasteiger charge is 2.13. The zero-order valence-corrected chi connectivity index (χ0v) is 16.4. The van der Waals surface area contributed by atoms with E-state index in [1.807, 2.05) is 24.3 Å². The van der Waals surface area contributed by atoms with Gasteiger partial charge in [0.15, 0.2) is 0 Å². The molecule has 6 nitrogen and oxygen atoms in total. The van der Waals surface area contributed by atoms with E-state index < -0.39 is 0 Å². The van der Waals surface area contributed by atoms with E-state index in [-0.39, 0.29) is 11.6 Å². The Kier molecular flexibility index (Phi) is 5.91. The number of fused-ring (bicyclic) bond motifs is 1. The number of hydrogen-bond acceptors (Lipinski definition) is 3. The number of pyridine rings is 1. The molecule has 1 saturated heterocycles. The molecule has 0 spiro atoms. The first-order chi connectivity index (χ1) is 14.2. The lowest BCUT2D eigenvalue weighted by Gasteiger charge is -2.27. The first kappa shape index (κ1) is 19.2. The average molecular weight is 390 g/mol. The molecule has 0 radical (unpaired) electrons. The fourth-order valence-corrected chi connectivity index (χ4v) is 3.88. The number of hydrogen-bond donors (Lipinski definition) is 3. The lowest BCUT2D eigenvalue weighted by molar-refractivity contribution is 0.220. The molecule has 1 aromatic heterocycles. The molecule has 0 atom stereocenters. The average Bonchev–Trinajstić information content (AvgIpc) is 2.74. The van der Waals surface area contributed by atoms with Crippen molar-refractivity contribution in [1.82, 2.24) is 15.2 Å². The Balaban J connectivity index is 1.41. The van der Waals surface area contributed by atoms with Crippen LogP contribution in [0.25, 0.3) is 10.9 Å². The van der Waals surface area contributed by atoms with Crippen molar-refractivity contribution >= 4 is 22.6 Å². The van der Waals surface area contributed by atoms with E-state index in [1.54, 1.807) is 6.07 Å². The second-order valence-corrected chi connectivity index (χ2v) is 7.50. The Morgan fingerprint density at radius 1 is 0.931 bits per heavy atom. The van der Waals surface area contributed by atoms with Gasteiger partial charge in [-0.15, -0.1) is 0 Å². The van der Waals surface area contributed by atoms with Gasteiger partial charge < -0.3 is 15.6 Å².